The van der Waals surface area contributed by atoms with Crippen LogP contribution in [0, 0.1) is 26.6 Å². The number of rotatable bonds is 3. The maximum Gasteiger partial charge on any atom is 0.265 e. The molecular formula is C12H12ClFN2O3S. The summed E-state index contributed by atoms with van der Waals surface area (Å²) in [6, 6.07) is 2.13. The average Bonchev–Trinajstić information content (AvgIpc) is 2.65. The molecule has 0 saturated heterocycles. The molecule has 1 aromatic heterocycles. The highest BCUT2D eigenvalue weighted by Gasteiger charge is 2.23. The van der Waals surface area contributed by atoms with Crippen LogP contribution in [-0.4, -0.2) is 13.6 Å². The molecule has 2 aromatic rings. The van der Waals surface area contributed by atoms with E-state index in [1.54, 1.807) is 13.8 Å². The van der Waals surface area contributed by atoms with Crippen LogP contribution >= 0.6 is 11.6 Å². The summed E-state index contributed by atoms with van der Waals surface area (Å²) in [5, 5.41) is 3.45. The van der Waals surface area contributed by atoms with Gasteiger partial charge in [-0.05, 0) is 38.5 Å². The Morgan fingerprint density at radius 1 is 1.30 bits per heavy atom. The maximum absolute atomic E-state index is 13.3. The lowest BCUT2D eigenvalue weighted by molar-refractivity contribution is 0.430. The van der Waals surface area contributed by atoms with Gasteiger partial charge < -0.3 is 4.52 Å². The fraction of sp³-hybridized carbons (Fsp3) is 0.250. The number of hydrogen-bond acceptors (Lipinski definition) is 4. The minimum absolute atomic E-state index is 0.0144. The van der Waals surface area contributed by atoms with Gasteiger partial charge in [0.1, 0.15) is 10.7 Å². The van der Waals surface area contributed by atoms with Crippen LogP contribution in [0.1, 0.15) is 16.8 Å². The lowest BCUT2D eigenvalue weighted by Crippen LogP contribution is -2.14. The van der Waals surface area contributed by atoms with Crippen LogP contribution in [0.4, 0.5) is 10.3 Å². The normalized spacial score (nSPS) is 11.7. The van der Waals surface area contributed by atoms with Gasteiger partial charge in [-0.1, -0.05) is 16.8 Å². The Morgan fingerprint density at radius 3 is 2.50 bits per heavy atom. The van der Waals surface area contributed by atoms with Gasteiger partial charge in [-0.15, -0.1) is 0 Å². The monoisotopic (exact) mass is 318 g/mol. The number of aryl methyl sites for hydroxylation is 2. The van der Waals surface area contributed by atoms with Crippen LogP contribution in [0.2, 0.25) is 5.02 Å². The molecule has 20 heavy (non-hydrogen) atoms. The minimum atomic E-state index is -3.97. The van der Waals surface area contributed by atoms with Crippen molar-refractivity contribution < 1.29 is 17.3 Å². The molecule has 2 rings (SSSR count). The van der Waals surface area contributed by atoms with Crippen LogP contribution in [-0.2, 0) is 10.0 Å². The summed E-state index contributed by atoms with van der Waals surface area (Å²) in [7, 11) is -3.97. The molecule has 0 spiro atoms. The number of nitrogens with zero attached hydrogens (tertiary/aromatic N) is 1. The standard InChI is InChI=1S/C12H12ClFN2O3S/c1-6-4-11(9(13)5-10(6)14)20(17,18)16-12-7(2)8(3)15-19-12/h4-5,16H,1-3H3. The lowest BCUT2D eigenvalue weighted by atomic mass is 10.2. The highest BCUT2D eigenvalue weighted by atomic mass is 35.5. The van der Waals surface area contributed by atoms with Crippen molar-refractivity contribution in [3.63, 3.8) is 0 Å². The van der Waals surface area contributed by atoms with Gasteiger partial charge in [-0.3, -0.25) is 0 Å². The van der Waals surface area contributed by atoms with Crippen molar-refractivity contribution in [3.05, 3.63) is 39.8 Å². The topological polar surface area (TPSA) is 72.2 Å². The van der Waals surface area contributed by atoms with E-state index in [1.165, 1.54) is 13.0 Å². The molecule has 8 heteroatoms. The summed E-state index contributed by atoms with van der Waals surface area (Å²) in [5.74, 6) is -0.554. The smallest absolute Gasteiger partial charge is 0.265 e. The third kappa shape index (κ3) is 2.64. The highest BCUT2D eigenvalue weighted by Crippen LogP contribution is 2.28. The van der Waals surface area contributed by atoms with Gasteiger partial charge >= 0.3 is 0 Å². The Balaban J connectivity index is 2.46. The Kier molecular flexibility index (Phi) is 3.75. The third-order valence-corrected chi connectivity index (χ3v) is 4.68. The van der Waals surface area contributed by atoms with E-state index in [2.05, 4.69) is 9.88 Å². The molecule has 0 unspecified atom stereocenters. The fourth-order valence-electron chi connectivity index (χ4n) is 1.52. The molecule has 1 N–H and O–H groups in total. The molecule has 0 aliphatic heterocycles. The Bertz CT molecular complexity index is 771. The van der Waals surface area contributed by atoms with Gasteiger partial charge in [0.2, 0.25) is 5.88 Å². The van der Waals surface area contributed by atoms with Crippen LogP contribution < -0.4 is 4.72 Å². The Hall–Kier alpha value is -1.60. The van der Waals surface area contributed by atoms with Gasteiger partial charge in [-0.25, -0.2) is 17.5 Å². The summed E-state index contributed by atoms with van der Waals surface area (Å²) in [6.45, 7) is 4.81. The summed E-state index contributed by atoms with van der Waals surface area (Å²) < 4.78 is 44.9. The van der Waals surface area contributed by atoms with E-state index in [1.807, 2.05) is 0 Å². The first-order valence-electron chi connectivity index (χ1n) is 5.63. The zero-order chi connectivity index (χ0) is 15.1. The Morgan fingerprint density at radius 2 is 1.95 bits per heavy atom. The second kappa shape index (κ2) is 5.06. The van der Waals surface area contributed by atoms with Gasteiger partial charge in [-0.2, -0.15) is 0 Å². The molecule has 0 atom stereocenters. The van der Waals surface area contributed by atoms with E-state index in [0.29, 0.717) is 11.3 Å². The second-order valence-corrected chi connectivity index (χ2v) is 6.42. The molecular weight excluding hydrogens is 307 g/mol. The molecule has 0 saturated carbocycles. The molecule has 0 fully saturated rings. The molecule has 1 heterocycles. The molecule has 0 aliphatic rings. The predicted octanol–water partition coefficient (Wildman–Crippen LogP) is 3.19. The van der Waals surface area contributed by atoms with Crippen molar-refractivity contribution in [2.45, 2.75) is 25.7 Å². The number of hydrogen-bond donors (Lipinski definition) is 1. The summed E-state index contributed by atoms with van der Waals surface area (Å²) in [4.78, 5) is -0.216. The molecule has 5 nitrogen and oxygen atoms in total. The first-order chi connectivity index (χ1) is 9.22. The molecule has 0 radical (unpaired) electrons. The highest BCUT2D eigenvalue weighted by molar-refractivity contribution is 7.92. The first-order valence-corrected chi connectivity index (χ1v) is 7.50. The number of sulfonamides is 1. The molecule has 108 valence electrons. The number of aromatic nitrogens is 1. The van der Waals surface area contributed by atoms with Crippen LogP contribution in [0.3, 0.4) is 0 Å². The van der Waals surface area contributed by atoms with E-state index < -0.39 is 15.8 Å². The van der Waals surface area contributed by atoms with E-state index in [0.717, 1.165) is 6.07 Å². The number of halogens is 2. The molecule has 0 bridgehead atoms. The number of benzene rings is 1. The van der Waals surface area contributed by atoms with E-state index >= 15 is 0 Å². The van der Waals surface area contributed by atoms with Crippen molar-refractivity contribution in [2.24, 2.45) is 0 Å². The first kappa shape index (κ1) is 14.8. The minimum Gasteiger partial charge on any atom is -0.337 e. The summed E-state index contributed by atoms with van der Waals surface area (Å²) >= 11 is 5.79. The molecule has 0 amide bonds. The van der Waals surface area contributed by atoms with Crippen molar-refractivity contribution in [3.8, 4) is 0 Å². The zero-order valence-corrected chi connectivity index (χ0v) is 12.6. The van der Waals surface area contributed by atoms with Crippen LogP contribution in [0.5, 0.6) is 0 Å². The van der Waals surface area contributed by atoms with Crippen molar-refractivity contribution in [1.82, 2.24) is 5.16 Å². The van der Waals surface area contributed by atoms with Gasteiger partial charge in [0.05, 0.1) is 10.7 Å². The maximum atomic E-state index is 13.3. The predicted molar refractivity (Wildman–Crippen MR) is 72.9 cm³/mol. The van der Waals surface area contributed by atoms with Crippen molar-refractivity contribution in [2.75, 3.05) is 4.72 Å². The van der Waals surface area contributed by atoms with Crippen LogP contribution in [0.25, 0.3) is 0 Å². The van der Waals surface area contributed by atoms with Gasteiger partial charge in [0.15, 0.2) is 0 Å². The average molecular weight is 319 g/mol. The van der Waals surface area contributed by atoms with Crippen molar-refractivity contribution >= 4 is 27.5 Å². The Labute approximate surface area is 120 Å². The summed E-state index contributed by atoms with van der Waals surface area (Å²) in [6.07, 6.45) is 0. The largest absolute Gasteiger partial charge is 0.337 e. The van der Waals surface area contributed by atoms with Crippen LogP contribution in [0.15, 0.2) is 21.6 Å². The fourth-order valence-corrected chi connectivity index (χ4v) is 3.17. The molecule has 1 aromatic carbocycles. The van der Waals surface area contributed by atoms with E-state index in [-0.39, 0.29) is 21.4 Å². The number of nitrogens with one attached hydrogen (secondary N) is 1. The number of anilines is 1. The van der Waals surface area contributed by atoms with E-state index in [4.69, 9.17) is 16.1 Å². The van der Waals surface area contributed by atoms with Gasteiger partial charge in [0.25, 0.3) is 10.0 Å². The van der Waals surface area contributed by atoms with E-state index in [9.17, 15) is 12.8 Å². The SMILES string of the molecule is Cc1cc(S(=O)(=O)Nc2onc(C)c2C)c(Cl)cc1F. The molecule has 0 aliphatic carbocycles. The lowest BCUT2D eigenvalue weighted by Gasteiger charge is -2.09. The third-order valence-electron chi connectivity index (χ3n) is 2.89. The summed E-state index contributed by atoms with van der Waals surface area (Å²) in [5.41, 5.74) is 1.33. The quantitative estimate of drug-likeness (QED) is 0.943. The van der Waals surface area contributed by atoms with Gasteiger partial charge in [0, 0.05) is 5.56 Å². The zero-order valence-electron chi connectivity index (χ0n) is 11.0. The second-order valence-electron chi connectivity index (χ2n) is 4.36. The van der Waals surface area contributed by atoms with Crippen molar-refractivity contribution in [1.29, 1.82) is 0 Å².